The van der Waals surface area contributed by atoms with Gasteiger partial charge in [-0.2, -0.15) is 5.10 Å². The van der Waals surface area contributed by atoms with Crippen LogP contribution in [0.4, 0.5) is 0 Å². The quantitative estimate of drug-likeness (QED) is 0.241. The molecule has 0 radical (unpaired) electrons. The highest BCUT2D eigenvalue weighted by Gasteiger charge is 2.21. The maximum atomic E-state index is 4.68. The normalized spacial score (nSPS) is 14.9. The molecule has 1 aliphatic heterocycles. The Morgan fingerprint density at radius 1 is 1.00 bits per heavy atom. The van der Waals surface area contributed by atoms with Crippen molar-refractivity contribution < 1.29 is 0 Å². The van der Waals surface area contributed by atoms with Crippen LogP contribution in [0.2, 0.25) is 0 Å². The van der Waals surface area contributed by atoms with Gasteiger partial charge in [-0.1, -0.05) is 69.5 Å². The Hall–Kier alpha value is -4.42. The topological polar surface area (TPSA) is 63.8 Å². The lowest BCUT2D eigenvalue weighted by molar-refractivity contribution is 0.207. The lowest BCUT2D eigenvalue weighted by atomic mass is 10.0. The van der Waals surface area contributed by atoms with Crippen molar-refractivity contribution in [2.24, 2.45) is 0 Å². The van der Waals surface area contributed by atoms with Gasteiger partial charge in [-0.15, -0.1) is 0 Å². The summed E-state index contributed by atoms with van der Waals surface area (Å²) < 4.78 is 0. The van der Waals surface area contributed by atoms with Crippen LogP contribution in [0.25, 0.3) is 35.3 Å². The van der Waals surface area contributed by atoms with E-state index in [1.54, 1.807) is 0 Å². The largest absolute Gasteiger partial charge is 0.368 e. The number of likely N-dealkylation sites (N-methyl/N-ethyl adjacent to an activating group) is 1. The Labute approximate surface area is 256 Å². The van der Waals surface area contributed by atoms with Crippen LogP contribution in [0.5, 0.6) is 0 Å². The van der Waals surface area contributed by atoms with Crippen LogP contribution in [0.15, 0.2) is 79.7 Å². The van der Waals surface area contributed by atoms with Crippen molar-refractivity contribution in [2.45, 2.75) is 40.5 Å². The molecule has 0 unspecified atom stereocenters. The van der Waals surface area contributed by atoms with Gasteiger partial charge in [-0.25, -0.2) is 0 Å². The SMILES string of the molecule is C=C/C=C(\c1cc(-c2n[nH]c(=C)/c2=C\C(=C/C)c2cncc(CCc3ccccc3)c2)[nH]c1C)N1CCN(C)CC1.CC. The molecule has 0 atom stereocenters. The molecule has 1 saturated heterocycles. The molecule has 4 heterocycles. The van der Waals surface area contributed by atoms with Gasteiger partial charge in [0, 0.05) is 60.7 Å². The zero-order valence-electron chi connectivity index (χ0n) is 26.5. The third-order valence-electron chi connectivity index (χ3n) is 7.83. The Morgan fingerprint density at radius 3 is 2.42 bits per heavy atom. The summed E-state index contributed by atoms with van der Waals surface area (Å²) >= 11 is 0. The number of pyridine rings is 1. The smallest absolute Gasteiger partial charge is 0.116 e. The Balaban J connectivity index is 0.00000207. The molecule has 0 spiro atoms. The van der Waals surface area contributed by atoms with Crippen molar-refractivity contribution in [1.29, 1.82) is 0 Å². The number of nitrogens with one attached hydrogen (secondary N) is 2. The number of hydrogen-bond donors (Lipinski definition) is 2. The number of aromatic nitrogens is 4. The van der Waals surface area contributed by atoms with E-state index >= 15 is 0 Å². The molecule has 6 nitrogen and oxygen atoms in total. The maximum Gasteiger partial charge on any atom is 0.116 e. The summed E-state index contributed by atoms with van der Waals surface area (Å²) in [6, 6.07) is 15.0. The molecule has 1 aromatic carbocycles. The summed E-state index contributed by atoms with van der Waals surface area (Å²) in [5.74, 6) is 0. The Kier molecular flexibility index (Phi) is 11.1. The molecule has 3 aromatic heterocycles. The molecule has 6 heteroatoms. The monoisotopic (exact) mass is 574 g/mol. The fourth-order valence-corrected chi connectivity index (χ4v) is 5.43. The summed E-state index contributed by atoms with van der Waals surface area (Å²) in [7, 11) is 2.18. The average Bonchev–Trinajstić information content (AvgIpc) is 3.61. The van der Waals surface area contributed by atoms with Crippen LogP contribution in [0, 0.1) is 6.92 Å². The molecule has 43 heavy (non-hydrogen) atoms. The van der Waals surface area contributed by atoms with Gasteiger partial charge in [0.1, 0.15) is 5.69 Å². The van der Waals surface area contributed by atoms with Crippen LogP contribution in [-0.2, 0) is 12.8 Å². The summed E-state index contributed by atoms with van der Waals surface area (Å²) in [5, 5.41) is 9.54. The molecular weight excluding hydrogens is 528 g/mol. The van der Waals surface area contributed by atoms with Crippen LogP contribution < -0.4 is 10.6 Å². The molecule has 5 rings (SSSR count). The second-order valence-corrected chi connectivity index (χ2v) is 10.7. The molecule has 4 aromatic rings. The van der Waals surface area contributed by atoms with Gasteiger partial charge in [0.25, 0.3) is 0 Å². The van der Waals surface area contributed by atoms with Crippen molar-refractivity contribution in [2.75, 3.05) is 33.2 Å². The summed E-state index contributed by atoms with van der Waals surface area (Å²) in [6.45, 7) is 20.5. The molecule has 1 fully saturated rings. The van der Waals surface area contributed by atoms with E-state index < -0.39 is 0 Å². The predicted molar refractivity (Wildman–Crippen MR) is 183 cm³/mol. The van der Waals surface area contributed by atoms with Crippen molar-refractivity contribution in [3.05, 3.63) is 118 Å². The maximum absolute atomic E-state index is 4.68. The van der Waals surface area contributed by atoms with Crippen molar-refractivity contribution >= 4 is 23.9 Å². The van der Waals surface area contributed by atoms with Gasteiger partial charge in [0.2, 0.25) is 0 Å². The standard InChI is InChI=1S/C35H40N6.C2H6/c1-6-11-34(41-18-16-40(5)17-19-41)31-22-33(37-25(31)3)35-32(26(4)38-39-35)21-29(7-2)30-20-28(23-36-24-30)15-14-27-12-9-8-10-13-27;1-2/h6-13,20-24,37-38H,1,4,14-19H2,2-3,5H3;1-2H3/b29-7+,32-21+,34-11+;. The number of H-pyrrole nitrogens is 2. The zero-order valence-corrected chi connectivity index (χ0v) is 26.5. The van der Waals surface area contributed by atoms with Gasteiger partial charge < -0.3 is 14.8 Å². The highest BCUT2D eigenvalue weighted by atomic mass is 15.3. The number of hydrogen-bond acceptors (Lipinski definition) is 4. The van der Waals surface area contributed by atoms with Gasteiger partial charge in [-0.05, 0) is 80.3 Å². The first-order valence-corrected chi connectivity index (χ1v) is 15.3. The van der Waals surface area contributed by atoms with Crippen molar-refractivity contribution in [1.82, 2.24) is 30.0 Å². The molecule has 224 valence electrons. The second-order valence-electron chi connectivity index (χ2n) is 10.7. The minimum absolute atomic E-state index is 0.780. The van der Waals surface area contributed by atoms with Crippen molar-refractivity contribution in [3.8, 4) is 11.4 Å². The highest BCUT2D eigenvalue weighted by Crippen LogP contribution is 2.28. The molecular formula is C37H46N6. The first-order valence-electron chi connectivity index (χ1n) is 15.3. The number of aryl methyl sites for hydroxylation is 3. The van der Waals surface area contributed by atoms with E-state index in [9.17, 15) is 0 Å². The summed E-state index contributed by atoms with van der Waals surface area (Å²) in [5.41, 5.74) is 10.0. The summed E-state index contributed by atoms with van der Waals surface area (Å²) in [6.07, 6.45) is 14.1. The number of aromatic amines is 2. The Morgan fingerprint density at radius 2 is 1.72 bits per heavy atom. The number of piperazine rings is 1. The van der Waals surface area contributed by atoms with Gasteiger partial charge in [0.15, 0.2) is 0 Å². The van der Waals surface area contributed by atoms with E-state index in [4.69, 9.17) is 0 Å². The van der Waals surface area contributed by atoms with Crippen LogP contribution >= 0.6 is 0 Å². The minimum Gasteiger partial charge on any atom is -0.368 e. The van der Waals surface area contributed by atoms with E-state index in [-0.39, 0.29) is 0 Å². The lowest BCUT2D eigenvalue weighted by Gasteiger charge is -2.35. The molecule has 0 amide bonds. The first-order chi connectivity index (χ1) is 21.0. The predicted octanol–water partition coefficient (Wildman–Crippen LogP) is 5.99. The third kappa shape index (κ3) is 7.70. The number of benzene rings is 1. The van der Waals surface area contributed by atoms with E-state index in [1.165, 1.54) is 22.4 Å². The van der Waals surface area contributed by atoms with Crippen molar-refractivity contribution in [3.63, 3.8) is 0 Å². The van der Waals surface area contributed by atoms with E-state index in [2.05, 4.69) is 125 Å². The second kappa shape index (κ2) is 15.2. The van der Waals surface area contributed by atoms with Gasteiger partial charge >= 0.3 is 0 Å². The highest BCUT2D eigenvalue weighted by molar-refractivity contribution is 5.89. The number of allylic oxidation sites excluding steroid dienone is 4. The minimum atomic E-state index is 0.780. The third-order valence-corrected chi connectivity index (χ3v) is 7.83. The van der Waals surface area contributed by atoms with E-state index in [1.807, 2.05) is 32.3 Å². The number of rotatable bonds is 9. The first kappa shape index (κ1) is 31.5. The van der Waals surface area contributed by atoms with Crippen LogP contribution in [-0.4, -0.2) is 63.2 Å². The van der Waals surface area contributed by atoms with Crippen LogP contribution in [0.1, 0.15) is 48.7 Å². The average molecular weight is 575 g/mol. The Bertz CT molecular complexity index is 1660. The van der Waals surface area contributed by atoms with E-state index in [0.717, 1.165) is 77.8 Å². The number of nitrogens with zero attached hydrogens (tertiary/aromatic N) is 4. The van der Waals surface area contributed by atoms with Crippen LogP contribution in [0.3, 0.4) is 0 Å². The molecule has 0 saturated carbocycles. The van der Waals surface area contributed by atoms with E-state index in [0.29, 0.717) is 0 Å². The lowest BCUT2D eigenvalue weighted by Crippen LogP contribution is -2.43. The fraction of sp³-hybridized carbons (Fsp3) is 0.297. The fourth-order valence-electron chi connectivity index (χ4n) is 5.43. The zero-order chi connectivity index (χ0) is 30.8. The summed E-state index contributed by atoms with van der Waals surface area (Å²) in [4.78, 5) is 13.0. The molecule has 1 aliphatic rings. The molecule has 0 aliphatic carbocycles. The molecule has 0 bridgehead atoms. The van der Waals surface area contributed by atoms with Gasteiger partial charge in [-0.3, -0.25) is 10.1 Å². The molecule has 2 N–H and O–H groups in total. The van der Waals surface area contributed by atoms with Gasteiger partial charge in [0.05, 0.1) is 11.0 Å².